The molecule has 0 aliphatic carbocycles. The average Bonchev–Trinajstić information content (AvgIpc) is 2.34. The Balaban J connectivity index is 0. The smallest absolute Gasteiger partial charge is 0.418 e. The normalized spacial score (nSPS) is 12.0. The number of halogens is 4. The first-order valence-electron chi connectivity index (χ1n) is 8.47. The lowest BCUT2D eigenvalue weighted by molar-refractivity contribution is -0.928. The molecule has 0 aromatic rings. The molecule has 1 nitrogen and oxygen atoms in total. The molecule has 0 aromatic carbocycles. The molecule has 0 fully saturated rings. The van der Waals surface area contributed by atoms with Gasteiger partial charge in [0.15, 0.2) is 0 Å². The molecule has 0 unspecified atom stereocenters. The Morgan fingerprint density at radius 1 is 0.571 bits per heavy atom. The van der Waals surface area contributed by atoms with Gasteiger partial charge in [0, 0.05) is 0 Å². The van der Waals surface area contributed by atoms with Gasteiger partial charge in [-0.05, 0) is 32.1 Å². The number of hydrogen-bond donors (Lipinski definition) is 0. The maximum Gasteiger partial charge on any atom is 0.673 e. The quantitative estimate of drug-likeness (QED) is 0.192. The Hall–Kier alpha value is -0.255. The van der Waals surface area contributed by atoms with Gasteiger partial charge in [0.05, 0.1) is 26.2 Å². The second-order valence-corrected chi connectivity index (χ2v) is 5.79. The second-order valence-electron chi connectivity index (χ2n) is 5.79. The zero-order valence-electron chi connectivity index (χ0n) is 14.3. The largest absolute Gasteiger partial charge is 0.673 e. The van der Waals surface area contributed by atoms with Crippen LogP contribution in [0.3, 0.4) is 0 Å². The molecule has 0 aliphatic rings. The molecule has 0 aromatic heterocycles. The van der Waals surface area contributed by atoms with E-state index in [2.05, 4.69) is 27.7 Å². The van der Waals surface area contributed by atoms with Crippen LogP contribution < -0.4 is 0 Å². The maximum absolute atomic E-state index is 9.75. The summed E-state index contributed by atoms with van der Waals surface area (Å²) in [7, 11) is -6.00. The molecule has 0 N–H and O–H groups in total. The third kappa shape index (κ3) is 17.7. The van der Waals surface area contributed by atoms with Crippen molar-refractivity contribution in [2.24, 2.45) is 0 Å². The van der Waals surface area contributed by atoms with Crippen LogP contribution in [-0.4, -0.2) is 37.9 Å². The monoisotopic (exact) mass is 315 g/mol. The molecule has 0 atom stereocenters. The number of unbranched alkanes of at least 4 members (excludes halogenated alkanes) is 3. The van der Waals surface area contributed by atoms with Gasteiger partial charge in [-0.3, -0.25) is 0 Å². The Labute approximate surface area is 128 Å². The van der Waals surface area contributed by atoms with Crippen LogP contribution in [0.5, 0.6) is 0 Å². The standard InChI is InChI=1S/C15H34N.BF4/c1-5-9-10-11-15-16(12-6-2,13-7-3)14-8-4;2-1(3,4)5/h5-15H2,1-4H3;/q+1;-1. The molecule has 0 radical (unpaired) electrons. The lowest BCUT2D eigenvalue weighted by atomic mass is 10.1. The van der Waals surface area contributed by atoms with Gasteiger partial charge < -0.3 is 21.7 Å². The molecule has 21 heavy (non-hydrogen) atoms. The van der Waals surface area contributed by atoms with Gasteiger partial charge >= 0.3 is 7.25 Å². The van der Waals surface area contributed by atoms with Gasteiger partial charge in [-0.1, -0.05) is 40.5 Å². The van der Waals surface area contributed by atoms with Crippen LogP contribution in [0.2, 0.25) is 0 Å². The predicted molar refractivity (Wildman–Crippen MR) is 84.9 cm³/mol. The average molecular weight is 315 g/mol. The molecular formula is C15H34BF4N. The van der Waals surface area contributed by atoms with Crippen molar-refractivity contribution >= 4 is 7.25 Å². The molecule has 0 spiro atoms. The minimum absolute atomic E-state index is 1.34. The highest BCUT2D eigenvalue weighted by Gasteiger charge is 2.23. The van der Waals surface area contributed by atoms with Crippen molar-refractivity contribution in [1.29, 1.82) is 0 Å². The van der Waals surface area contributed by atoms with Crippen molar-refractivity contribution < 1.29 is 21.7 Å². The molecule has 0 aliphatic heterocycles. The minimum Gasteiger partial charge on any atom is -0.418 e. The van der Waals surface area contributed by atoms with E-state index in [0.717, 1.165) is 0 Å². The molecule has 0 bridgehead atoms. The van der Waals surface area contributed by atoms with Gasteiger partial charge in [0.1, 0.15) is 0 Å². The lowest BCUT2D eigenvalue weighted by Gasteiger charge is -2.38. The van der Waals surface area contributed by atoms with E-state index in [4.69, 9.17) is 0 Å². The Morgan fingerprint density at radius 3 is 1.24 bits per heavy atom. The van der Waals surface area contributed by atoms with Gasteiger partial charge in [-0.25, -0.2) is 0 Å². The Bertz CT molecular complexity index is 199. The summed E-state index contributed by atoms with van der Waals surface area (Å²) in [4.78, 5) is 0. The van der Waals surface area contributed by atoms with Crippen LogP contribution in [0.15, 0.2) is 0 Å². The highest BCUT2D eigenvalue weighted by molar-refractivity contribution is 6.50. The molecule has 0 rings (SSSR count). The minimum atomic E-state index is -6.00. The summed E-state index contributed by atoms with van der Waals surface area (Å²) < 4.78 is 40.4. The summed E-state index contributed by atoms with van der Waals surface area (Å²) in [6, 6.07) is 0. The van der Waals surface area contributed by atoms with E-state index >= 15 is 0 Å². The summed E-state index contributed by atoms with van der Waals surface area (Å²) in [6.45, 7) is 14.9. The summed E-state index contributed by atoms with van der Waals surface area (Å²) >= 11 is 0. The van der Waals surface area contributed by atoms with Crippen LogP contribution in [0.1, 0.15) is 72.6 Å². The van der Waals surface area contributed by atoms with E-state index in [1.165, 1.54) is 75.6 Å². The van der Waals surface area contributed by atoms with Crippen molar-refractivity contribution in [3.63, 3.8) is 0 Å². The van der Waals surface area contributed by atoms with E-state index in [1.807, 2.05) is 0 Å². The first kappa shape index (κ1) is 23.0. The fourth-order valence-electron chi connectivity index (χ4n) is 2.97. The molecule has 0 amide bonds. The highest BCUT2D eigenvalue weighted by Crippen LogP contribution is 2.14. The summed E-state index contributed by atoms with van der Waals surface area (Å²) in [5.41, 5.74) is 0. The van der Waals surface area contributed by atoms with Crippen LogP contribution in [-0.2, 0) is 0 Å². The van der Waals surface area contributed by atoms with Crippen molar-refractivity contribution in [1.82, 2.24) is 0 Å². The number of hydrogen-bond acceptors (Lipinski definition) is 0. The fourth-order valence-corrected chi connectivity index (χ4v) is 2.97. The molecule has 130 valence electrons. The van der Waals surface area contributed by atoms with Crippen molar-refractivity contribution in [2.45, 2.75) is 72.6 Å². The van der Waals surface area contributed by atoms with E-state index in [0.29, 0.717) is 0 Å². The third-order valence-corrected chi connectivity index (χ3v) is 3.58. The molecular weight excluding hydrogens is 281 g/mol. The molecule has 0 saturated carbocycles. The lowest BCUT2D eigenvalue weighted by Crippen LogP contribution is -2.50. The van der Waals surface area contributed by atoms with Gasteiger partial charge in [-0.2, -0.15) is 0 Å². The SMILES string of the molecule is CCCCCC[N+](CCC)(CCC)CCC.F[B-](F)(F)F. The van der Waals surface area contributed by atoms with E-state index < -0.39 is 7.25 Å². The zero-order valence-corrected chi connectivity index (χ0v) is 14.3. The fraction of sp³-hybridized carbons (Fsp3) is 1.00. The Morgan fingerprint density at radius 2 is 0.952 bits per heavy atom. The van der Waals surface area contributed by atoms with E-state index in [1.54, 1.807) is 0 Å². The van der Waals surface area contributed by atoms with Gasteiger partial charge in [0.2, 0.25) is 0 Å². The summed E-state index contributed by atoms with van der Waals surface area (Å²) in [5, 5.41) is 0. The van der Waals surface area contributed by atoms with Crippen LogP contribution in [0.4, 0.5) is 17.3 Å². The van der Waals surface area contributed by atoms with E-state index in [-0.39, 0.29) is 0 Å². The third-order valence-electron chi connectivity index (χ3n) is 3.58. The first-order valence-corrected chi connectivity index (χ1v) is 8.47. The number of quaternary nitrogens is 1. The highest BCUT2D eigenvalue weighted by atomic mass is 19.5. The predicted octanol–water partition coefficient (Wildman–Crippen LogP) is 5.91. The van der Waals surface area contributed by atoms with Crippen LogP contribution >= 0.6 is 0 Å². The van der Waals surface area contributed by atoms with E-state index in [9.17, 15) is 17.3 Å². The van der Waals surface area contributed by atoms with Gasteiger partial charge in [-0.15, -0.1) is 0 Å². The second kappa shape index (κ2) is 13.4. The molecule has 6 heteroatoms. The van der Waals surface area contributed by atoms with Crippen molar-refractivity contribution in [3.8, 4) is 0 Å². The van der Waals surface area contributed by atoms with Crippen LogP contribution in [0, 0.1) is 0 Å². The molecule has 0 heterocycles. The number of rotatable bonds is 11. The maximum atomic E-state index is 9.75. The van der Waals surface area contributed by atoms with Crippen molar-refractivity contribution in [2.75, 3.05) is 26.2 Å². The summed E-state index contributed by atoms with van der Waals surface area (Å²) in [6.07, 6.45) is 9.68. The topological polar surface area (TPSA) is 0 Å². The van der Waals surface area contributed by atoms with Gasteiger partial charge in [0.25, 0.3) is 0 Å². The summed E-state index contributed by atoms with van der Waals surface area (Å²) in [5.74, 6) is 0. The first-order chi connectivity index (χ1) is 9.74. The van der Waals surface area contributed by atoms with Crippen LogP contribution in [0.25, 0.3) is 0 Å². The zero-order chi connectivity index (χ0) is 16.8. The molecule has 0 saturated heterocycles. The number of nitrogens with zero attached hydrogens (tertiary/aromatic N) is 1. The Kier molecular flexibility index (Phi) is 14.7. The van der Waals surface area contributed by atoms with Crippen molar-refractivity contribution in [3.05, 3.63) is 0 Å².